The molecule has 0 radical (unpaired) electrons. The number of benzene rings is 2. The molecule has 0 saturated heterocycles. The van der Waals surface area contributed by atoms with Gasteiger partial charge in [-0.2, -0.15) is 10.9 Å². The number of nitrogens with two attached hydrogens (primary N) is 1. The van der Waals surface area contributed by atoms with Crippen molar-refractivity contribution in [1.29, 1.82) is 0 Å². The van der Waals surface area contributed by atoms with Crippen LogP contribution in [-0.2, 0) is 4.84 Å². The summed E-state index contributed by atoms with van der Waals surface area (Å²) in [6, 6.07) is 12.3. The van der Waals surface area contributed by atoms with Crippen molar-refractivity contribution in [3.63, 3.8) is 0 Å². The van der Waals surface area contributed by atoms with Crippen molar-refractivity contribution < 1.29 is 18.8 Å². The van der Waals surface area contributed by atoms with Gasteiger partial charge in [0.2, 0.25) is 0 Å². The number of amides is 2. The Bertz CT molecular complexity index is 921. The van der Waals surface area contributed by atoms with Crippen LogP contribution < -0.4 is 16.5 Å². The first kappa shape index (κ1) is 16.5. The first-order valence-electron chi connectivity index (χ1n) is 7.58. The fraction of sp³-hybridized carbons (Fsp3) is 0.118. The Morgan fingerprint density at radius 2 is 1.96 bits per heavy atom. The number of carbonyl (C=O) groups excluding carboxylic acids is 2. The van der Waals surface area contributed by atoms with Gasteiger partial charge in [-0.15, -0.1) is 0 Å². The van der Waals surface area contributed by atoms with Crippen LogP contribution in [0.5, 0.6) is 0 Å². The van der Waals surface area contributed by atoms with Crippen LogP contribution in [0.25, 0.3) is 22.2 Å². The van der Waals surface area contributed by atoms with Crippen LogP contribution in [0.4, 0.5) is 10.8 Å². The van der Waals surface area contributed by atoms with E-state index in [0.29, 0.717) is 12.1 Å². The van der Waals surface area contributed by atoms with Crippen LogP contribution in [0, 0.1) is 0 Å². The molecule has 8 nitrogen and oxygen atoms in total. The molecule has 0 saturated carbocycles. The lowest BCUT2D eigenvalue weighted by Gasteiger charge is -2.04. The van der Waals surface area contributed by atoms with Gasteiger partial charge < -0.3 is 14.6 Å². The second-order valence-electron chi connectivity index (χ2n) is 5.15. The molecule has 25 heavy (non-hydrogen) atoms. The third kappa shape index (κ3) is 3.43. The number of anilines is 1. The van der Waals surface area contributed by atoms with Crippen molar-refractivity contribution in [3.8, 4) is 11.1 Å². The lowest BCUT2D eigenvalue weighted by atomic mass is 10.0. The van der Waals surface area contributed by atoms with Gasteiger partial charge in [0.1, 0.15) is 11.1 Å². The van der Waals surface area contributed by atoms with Crippen LogP contribution in [0.15, 0.2) is 46.9 Å². The lowest BCUT2D eigenvalue weighted by Crippen LogP contribution is -2.28. The average molecular weight is 340 g/mol. The van der Waals surface area contributed by atoms with E-state index >= 15 is 0 Å². The largest absolute Gasteiger partial charge is 0.422 e. The number of hydrogen-bond acceptors (Lipinski definition) is 6. The minimum atomic E-state index is -0.761. The summed E-state index contributed by atoms with van der Waals surface area (Å²) in [4.78, 5) is 32.2. The van der Waals surface area contributed by atoms with Crippen LogP contribution in [0.2, 0.25) is 0 Å². The first-order valence-corrected chi connectivity index (χ1v) is 7.58. The summed E-state index contributed by atoms with van der Waals surface area (Å²) in [6.07, 6.45) is 0. The number of hydrogen-bond donors (Lipinski definition) is 3. The molecule has 0 fully saturated rings. The zero-order chi connectivity index (χ0) is 17.8. The molecule has 1 heterocycles. The highest BCUT2D eigenvalue weighted by Crippen LogP contribution is 2.30. The maximum absolute atomic E-state index is 12.0. The van der Waals surface area contributed by atoms with Gasteiger partial charge in [0.05, 0.1) is 0 Å². The summed E-state index contributed by atoms with van der Waals surface area (Å²) >= 11 is 0. The Balaban J connectivity index is 2.10. The molecule has 0 aliphatic carbocycles. The quantitative estimate of drug-likeness (QED) is 0.628. The molecule has 2 amide bonds. The maximum Gasteiger partial charge on any atom is 0.360 e. The summed E-state index contributed by atoms with van der Waals surface area (Å²) in [5.74, 6) is 4.26. The number of carbonyl (C=O) groups is 2. The number of nitrogens with one attached hydrogen (secondary N) is 2. The fourth-order valence-corrected chi connectivity index (χ4v) is 2.40. The van der Waals surface area contributed by atoms with E-state index in [1.54, 1.807) is 19.1 Å². The third-order valence-electron chi connectivity index (χ3n) is 3.48. The minimum Gasteiger partial charge on any atom is -0.422 e. The van der Waals surface area contributed by atoms with Gasteiger partial charge in [0.15, 0.2) is 5.58 Å². The van der Waals surface area contributed by atoms with Crippen molar-refractivity contribution in [2.24, 2.45) is 5.90 Å². The van der Waals surface area contributed by atoms with E-state index in [9.17, 15) is 9.59 Å². The number of fused-ring (bicyclic) bond motifs is 1. The summed E-state index contributed by atoms with van der Waals surface area (Å²) in [5, 5.41) is 5.03. The Hall–Kier alpha value is -3.39. The molecular formula is C17H16N4O4. The SMILES string of the molecule is CCNC(=O)Nc1nc2cc(-c3ccccc3)cc(C(=O)ON)c2o1. The highest BCUT2D eigenvalue weighted by atomic mass is 16.7. The van der Waals surface area contributed by atoms with Crippen molar-refractivity contribution in [3.05, 3.63) is 48.0 Å². The Kier molecular flexibility index (Phi) is 4.62. The molecule has 1 aromatic heterocycles. The van der Waals surface area contributed by atoms with Gasteiger partial charge in [0, 0.05) is 6.54 Å². The lowest BCUT2D eigenvalue weighted by molar-refractivity contribution is 0.0504. The van der Waals surface area contributed by atoms with Crippen LogP contribution >= 0.6 is 0 Å². The molecule has 8 heteroatoms. The zero-order valence-corrected chi connectivity index (χ0v) is 13.4. The van der Waals surface area contributed by atoms with E-state index in [4.69, 9.17) is 10.3 Å². The molecule has 128 valence electrons. The Morgan fingerprint density at radius 3 is 2.64 bits per heavy atom. The van der Waals surface area contributed by atoms with Gasteiger partial charge in [-0.3, -0.25) is 5.32 Å². The van der Waals surface area contributed by atoms with Gasteiger partial charge in [0.25, 0.3) is 0 Å². The molecule has 0 aliphatic rings. The van der Waals surface area contributed by atoms with Crippen molar-refractivity contribution in [1.82, 2.24) is 10.3 Å². The van der Waals surface area contributed by atoms with E-state index in [1.165, 1.54) is 0 Å². The van der Waals surface area contributed by atoms with Crippen LogP contribution in [0.1, 0.15) is 17.3 Å². The average Bonchev–Trinajstić information content (AvgIpc) is 3.03. The molecular weight excluding hydrogens is 324 g/mol. The number of aromatic nitrogens is 1. The van der Waals surface area contributed by atoms with Gasteiger partial charge in [-0.1, -0.05) is 30.3 Å². The summed E-state index contributed by atoms with van der Waals surface area (Å²) < 4.78 is 5.49. The number of oxazole rings is 1. The van der Waals surface area contributed by atoms with Gasteiger partial charge in [-0.05, 0) is 30.2 Å². The fourth-order valence-electron chi connectivity index (χ4n) is 2.40. The van der Waals surface area contributed by atoms with Crippen LogP contribution in [-0.4, -0.2) is 23.5 Å². The van der Waals surface area contributed by atoms with Crippen LogP contribution in [0.3, 0.4) is 0 Å². The van der Waals surface area contributed by atoms with Gasteiger partial charge in [-0.25, -0.2) is 9.59 Å². The topological polar surface area (TPSA) is 119 Å². The highest BCUT2D eigenvalue weighted by molar-refractivity contribution is 6.03. The molecule has 0 bridgehead atoms. The Labute approximate surface area is 142 Å². The first-order chi connectivity index (χ1) is 12.1. The summed E-state index contributed by atoms with van der Waals surface area (Å²) in [7, 11) is 0. The summed E-state index contributed by atoms with van der Waals surface area (Å²) in [5.41, 5.74) is 2.33. The van der Waals surface area contributed by atoms with E-state index < -0.39 is 12.0 Å². The third-order valence-corrected chi connectivity index (χ3v) is 3.48. The Morgan fingerprint density at radius 1 is 1.20 bits per heavy atom. The predicted molar refractivity (Wildman–Crippen MR) is 91.7 cm³/mol. The number of rotatable bonds is 4. The van der Waals surface area contributed by atoms with Crippen molar-refractivity contribution >= 4 is 29.1 Å². The van der Waals surface area contributed by atoms with E-state index in [0.717, 1.165) is 11.1 Å². The molecule has 0 aliphatic heterocycles. The molecule has 3 rings (SSSR count). The normalized spacial score (nSPS) is 10.5. The van der Waals surface area contributed by atoms with Gasteiger partial charge >= 0.3 is 18.0 Å². The minimum absolute atomic E-state index is 0.0303. The molecule has 3 aromatic rings. The molecule has 0 atom stereocenters. The highest BCUT2D eigenvalue weighted by Gasteiger charge is 2.19. The standard InChI is InChI=1S/C17H16N4O4/c1-2-19-16(23)21-17-20-13-9-11(10-6-4-3-5-7-10)8-12(14(13)24-17)15(22)25-18/h3-9H,2,18H2,1H3,(H2,19,20,21,23). The number of nitrogens with zero attached hydrogens (tertiary/aromatic N) is 1. The molecule has 0 spiro atoms. The second kappa shape index (κ2) is 7.02. The smallest absolute Gasteiger partial charge is 0.360 e. The zero-order valence-electron chi connectivity index (χ0n) is 13.4. The summed E-state index contributed by atoms with van der Waals surface area (Å²) in [6.45, 7) is 2.24. The molecule has 0 unspecified atom stereocenters. The van der Waals surface area contributed by atoms with E-state index in [1.807, 2.05) is 30.3 Å². The van der Waals surface area contributed by atoms with Crippen molar-refractivity contribution in [2.45, 2.75) is 6.92 Å². The van der Waals surface area contributed by atoms with E-state index in [2.05, 4.69) is 20.5 Å². The monoisotopic (exact) mass is 340 g/mol. The number of urea groups is 1. The maximum atomic E-state index is 12.0. The second-order valence-corrected chi connectivity index (χ2v) is 5.15. The molecule has 4 N–H and O–H groups in total. The molecule has 2 aromatic carbocycles. The predicted octanol–water partition coefficient (Wildman–Crippen LogP) is 2.67. The van der Waals surface area contributed by atoms with Crippen molar-refractivity contribution in [2.75, 3.05) is 11.9 Å². The van der Waals surface area contributed by atoms with E-state index in [-0.39, 0.29) is 17.2 Å².